The molecule has 4 nitrogen and oxygen atoms in total. The number of nitrogens with zero attached hydrogens (tertiary/aromatic N) is 3. The van der Waals surface area contributed by atoms with Crippen molar-refractivity contribution >= 4 is 24.0 Å². The lowest BCUT2D eigenvalue weighted by Crippen LogP contribution is -2.28. The summed E-state index contributed by atoms with van der Waals surface area (Å²) in [4.78, 5) is 23.7. The summed E-state index contributed by atoms with van der Waals surface area (Å²) in [6.07, 6.45) is 30.5. The molecule has 1 aliphatic rings. The number of carbonyl (C=O) groups is 1. The molecule has 1 amide bonds. The van der Waals surface area contributed by atoms with Crippen LogP contribution in [0.4, 0.5) is 0 Å². The fourth-order valence-electron chi connectivity index (χ4n) is 6.04. The van der Waals surface area contributed by atoms with Crippen LogP contribution in [0.25, 0.3) is 5.70 Å². The smallest absolute Gasteiger partial charge is 0.246 e. The minimum absolute atomic E-state index is 0.00918. The van der Waals surface area contributed by atoms with Gasteiger partial charge in [-0.2, -0.15) is 0 Å². The summed E-state index contributed by atoms with van der Waals surface area (Å²) in [5.41, 5.74) is 5.75. The van der Waals surface area contributed by atoms with E-state index in [9.17, 15) is 4.79 Å². The molecule has 0 N–H and O–H groups in total. The van der Waals surface area contributed by atoms with E-state index >= 15 is 0 Å². The molecule has 1 saturated carbocycles. The number of amides is 1. The minimum Gasteiger partial charge on any atom is -0.335 e. The van der Waals surface area contributed by atoms with Crippen molar-refractivity contribution in [2.75, 3.05) is 13.6 Å². The van der Waals surface area contributed by atoms with Crippen molar-refractivity contribution in [1.29, 1.82) is 0 Å². The standard InChI is InChI=1S/C42H59N3O.2C2H6/c1-9-37(23-16-14-13-15-17-24-40-25-19-18-21-33(40)5)39(11-3)31-44-35(7)41-26-20-22-36(29-41)32-45(12-4)42(46)28-27-34(6)38(10-2)30-43-8;2*1-2/h9-11,14,16,20,22-23,26-31,33-34,40H,1,7,12-13,15,17-19,21,24-25,32H2,2-6,8H3;2*1-2H3/b16-14+,28-27-,37-23+,38-10+,39-11+,43-30?,44-31?;;. The summed E-state index contributed by atoms with van der Waals surface area (Å²) in [6, 6.07) is 8.11. The lowest BCUT2D eigenvalue weighted by molar-refractivity contribution is -0.126. The van der Waals surface area contributed by atoms with Crippen LogP contribution in [-0.4, -0.2) is 36.8 Å². The van der Waals surface area contributed by atoms with Crippen molar-refractivity contribution in [1.82, 2.24) is 4.90 Å². The summed E-state index contributed by atoms with van der Waals surface area (Å²) in [6.45, 7) is 27.9. The van der Waals surface area contributed by atoms with Crippen LogP contribution in [0.2, 0.25) is 0 Å². The average Bonchev–Trinajstić information content (AvgIpc) is 3.15. The zero-order valence-corrected chi connectivity index (χ0v) is 33.6. The number of aliphatic imine (C=N–C) groups is 2. The molecule has 3 atom stereocenters. The van der Waals surface area contributed by atoms with E-state index < -0.39 is 0 Å². The van der Waals surface area contributed by atoms with Gasteiger partial charge >= 0.3 is 0 Å². The number of rotatable bonds is 18. The van der Waals surface area contributed by atoms with Crippen LogP contribution in [0, 0.1) is 17.8 Å². The van der Waals surface area contributed by atoms with E-state index in [-0.39, 0.29) is 11.8 Å². The molecular weight excluding hydrogens is 611 g/mol. The highest BCUT2D eigenvalue weighted by molar-refractivity contribution is 5.90. The highest BCUT2D eigenvalue weighted by Gasteiger charge is 2.20. The number of benzene rings is 1. The predicted molar refractivity (Wildman–Crippen MR) is 225 cm³/mol. The average molecular weight is 682 g/mol. The van der Waals surface area contributed by atoms with Gasteiger partial charge in [0, 0.05) is 38.5 Å². The molecule has 276 valence electrons. The Kier molecular flexibility index (Phi) is 26.8. The Balaban J connectivity index is 0.00000578. The molecule has 1 aromatic rings. The van der Waals surface area contributed by atoms with E-state index in [0.717, 1.165) is 46.1 Å². The second-order valence-corrected chi connectivity index (χ2v) is 12.4. The molecule has 0 saturated heterocycles. The second-order valence-electron chi connectivity index (χ2n) is 12.4. The van der Waals surface area contributed by atoms with Gasteiger partial charge in [0.1, 0.15) is 0 Å². The molecule has 0 bridgehead atoms. The first-order valence-electron chi connectivity index (χ1n) is 19.3. The van der Waals surface area contributed by atoms with E-state index in [0.29, 0.717) is 18.8 Å². The van der Waals surface area contributed by atoms with Crippen LogP contribution in [0.5, 0.6) is 0 Å². The van der Waals surface area contributed by atoms with E-state index in [2.05, 4.69) is 56.3 Å². The van der Waals surface area contributed by atoms with Gasteiger partial charge in [-0.15, -0.1) is 0 Å². The molecule has 0 aliphatic heterocycles. The molecule has 1 aliphatic carbocycles. The van der Waals surface area contributed by atoms with Gasteiger partial charge < -0.3 is 4.90 Å². The Morgan fingerprint density at radius 2 is 1.76 bits per heavy atom. The number of hydrogen-bond acceptors (Lipinski definition) is 3. The second kappa shape index (κ2) is 29.0. The van der Waals surface area contributed by atoms with Crippen LogP contribution >= 0.6 is 0 Å². The topological polar surface area (TPSA) is 45.0 Å². The van der Waals surface area contributed by atoms with Crippen molar-refractivity contribution in [2.45, 2.75) is 120 Å². The van der Waals surface area contributed by atoms with E-state index in [1.807, 2.05) is 108 Å². The van der Waals surface area contributed by atoms with Gasteiger partial charge in [-0.25, -0.2) is 0 Å². The molecule has 4 heteroatoms. The summed E-state index contributed by atoms with van der Waals surface area (Å²) >= 11 is 0. The SMILES string of the molecule is C=CC(=C\C=C\CCCCC1CCCCC1C)/C(C=NC(=C)c1cccc(CN(CC)C(=O)/C=C\C(C)/C(C=NC)=C/C)c1)=C/C.CC.CC. The van der Waals surface area contributed by atoms with E-state index in [1.165, 1.54) is 44.9 Å². The highest BCUT2D eigenvalue weighted by Crippen LogP contribution is 2.33. The molecule has 2 rings (SSSR count). The van der Waals surface area contributed by atoms with Crippen LogP contribution in [0.15, 0.2) is 113 Å². The maximum atomic E-state index is 13.0. The van der Waals surface area contributed by atoms with Gasteiger partial charge in [0.25, 0.3) is 0 Å². The first kappa shape index (κ1) is 46.2. The summed E-state index contributed by atoms with van der Waals surface area (Å²) < 4.78 is 0. The Morgan fingerprint density at radius 1 is 1.04 bits per heavy atom. The van der Waals surface area contributed by atoms with Gasteiger partial charge in [-0.1, -0.05) is 154 Å². The quantitative estimate of drug-likeness (QED) is 0.0658. The van der Waals surface area contributed by atoms with E-state index in [4.69, 9.17) is 4.99 Å². The van der Waals surface area contributed by atoms with Crippen molar-refractivity contribution in [3.63, 3.8) is 0 Å². The number of allylic oxidation sites excluding steroid dienone is 10. The maximum Gasteiger partial charge on any atom is 0.246 e. The predicted octanol–water partition coefficient (Wildman–Crippen LogP) is 13.0. The van der Waals surface area contributed by atoms with E-state index in [1.54, 1.807) is 13.1 Å². The minimum atomic E-state index is -0.00918. The number of likely N-dealkylation sites (N-methyl/N-ethyl adjacent to an activating group) is 1. The van der Waals surface area contributed by atoms with Gasteiger partial charge in [-0.05, 0) is 85.4 Å². The Bertz CT molecular complexity index is 1340. The summed E-state index contributed by atoms with van der Waals surface area (Å²) in [7, 11) is 1.76. The maximum absolute atomic E-state index is 13.0. The van der Waals surface area contributed by atoms with Crippen molar-refractivity contribution < 1.29 is 4.79 Å². The van der Waals surface area contributed by atoms with Crippen molar-refractivity contribution in [3.8, 4) is 0 Å². The van der Waals surface area contributed by atoms with Crippen LogP contribution < -0.4 is 0 Å². The first-order chi connectivity index (χ1) is 24.3. The Labute approximate surface area is 308 Å². The molecule has 1 aromatic carbocycles. The van der Waals surface area contributed by atoms with Crippen LogP contribution in [0.3, 0.4) is 0 Å². The van der Waals surface area contributed by atoms with Crippen molar-refractivity contribution in [3.05, 3.63) is 114 Å². The monoisotopic (exact) mass is 682 g/mol. The molecule has 0 spiro atoms. The largest absolute Gasteiger partial charge is 0.335 e. The fraction of sp³-hybridized carbons (Fsp3) is 0.500. The molecule has 1 fully saturated rings. The third kappa shape index (κ3) is 17.7. The van der Waals surface area contributed by atoms with Crippen LogP contribution in [0.1, 0.15) is 125 Å². The third-order valence-corrected chi connectivity index (χ3v) is 9.11. The lowest BCUT2D eigenvalue weighted by Gasteiger charge is -2.28. The highest BCUT2D eigenvalue weighted by atomic mass is 16.2. The van der Waals surface area contributed by atoms with Gasteiger partial charge in [0.2, 0.25) is 5.91 Å². The lowest BCUT2D eigenvalue weighted by atomic mass is 9.78. The Hall–Kier alpha value is -3.79. The first-order valence-corrected chi connectivity index (χ1v) is 19.3. The molecular formula is C46H71N3O. The summed E-state index contributed by atoms with van der Waals surface area (Å²) in [5.74, 6) is 1.95. The third-order valence-electron chi connectivity index (χ3n) is 9.11. The number of hydrogen-bond donors (Lipinski definition) is 0. The molecule has 3 unspecified atom stereocenters. The van der Waals surface area contributed by atoms with Gasteiger partial charge in [-0.3, -0.25) is 14.8 Å². The zero-order chi connectivity index (χ0) is 37.7. The zero-order valence-electron chi connectivity index (χ0n) is 33.6. The number of carbonyl (C=O) groups excluding carboxylic acids is 1. The van der Waals surface area contributed by atoms with Crippen molar-refractivity contribution in [2.24, 2.45) is 27.7 Å². The van der Waals surface area contributed by atoms with Crippen LogP contribution in [-0.2, 0) is 11.3 Å². The normalized spacial score (nSPS) is 17.8. The molecule has 0 heterocycles. The van der Waals surface area contributed by atoms with Gasteiger partial charge in [0.05, 0.1) is 5.70 Å². The van der Waals surface area contributed by atoms with Gasteiger partial charge in [0.15, 0.2) is 0 Å². The molecule has 0 aromatic heterocycles. The number of unbranched alkanes of at least 4 members (excludes halogenated alkanes) is 2. The molecule has 0 radical (unpaired) electrons. The molecule has 50 heavy (non-hydrogen) atoms. The Morgan fingerprint density at radius 3 is 2.38 bits per heavy atom. The summed E-state index contributed by atoms with van der Waals surface area (Å²) in [5, 5.41) is 0. The fourth-order valence-corrected chi connectivity index (χ4v) is 6.04.